The fourth-order valence-corrected chi connectivity index (χ4v) is 3.02. The Morgan fingerprint density at radius 1 is 1.42 bits per heavy atom. The van der Waals surface area contributed by atoms with Gasteiger partial charge in [0.15, 0.2) is 0 Å². The Hall–Kier alpha value is -1.07. The summed E-state index contributed by atoms with van der Waals surface area (Å²) < 4.78 is 8.51. The van der Waals surface area contributed by atoms with E-state index in [1.165, 1.54) is 11.3 Å². The van der Waals surface area contributed by atoms with E-state index in [9.17, 15) is 0 Å². The summed E-state index contributed by atoms with van der Waals surface area (Å²) >= 11 is 7.54. The van der Waals surface area contributed by atoms with E-state index in [1.807, 2.05) is 10.6 Å². The maximum atomic E-state index is 6.08. The molecule has 0 amide bonds. The third kappa shape index (κ3) is 2.92. The van der Waals surface area contributed by atoms with Crippen molar-refractivity contribution in [2.45, 2.75) is 33.2 Å². The van der Waals surface area contributed by atoms with E-state index in [2.05, 4.69) is 23.8 Å². The van der Waals surface area contributed by atoms with Gasteiger partial charge >= 0.3 is 0 Å². The standard InChI is InChI=1S/C13H18ClN3OS/c1-4-6-17-11(15-3)9-8-10(14)19-12(9)16-13(17)18-7-5-2/h8H,4-7H2,1-3H3. The highest BCUT2D eigenvalue weighted by Gasteiger charge is 2.12. The van der Waals surface area contributed by atoms with Gasteiger partial charge < -0.3 is 4.74 Å². The lowest BCUT2D eigenvalue weighted by atomic mass is 10.4. The van der Waals surface area contributed by atoms with Gasteiger partial charge in [0.1, 0.15) is 10.3 Å². The minimum absolute atomic E-state index is 0.635. The number of nitrogens with zero attached hydrogens (tertiary/aromatic N) is 3. The Balaban J connectivity index is 2.67. The molecule has 0 aliphatic rings. The van der Waals surface area contributed by atoms with Crippen LogP contribution >= 0.6 is 22.9 Å². The summed E-state index contributed by atoms with van der Waals surface area (Å²) in [6, 6.07) is 2.56. The van der Waals surface area contributed by atoms with Crippen LogP contribution in [0.1, 0.15) is 26.7 Å². The molecular weight excluding hydrogens is 282 g/mol. The quantitative estimate of drug-likeness (QED) is 0.848. The first-order valence-corrected chi connectivity index (χ1v) is 7.66. The Morgan fingerprint density at radius 2 is 2.21 bits per heavy atom. The minimum Gasteiger partial charge on any atom is -0.465 e. The highest BCUT2D eigenvalue weighted by atomic mass is 35.5. The number of fused-ring (bicyclic) bond motifs is 1. The molecule has 0 aliphatic carbocycles. The second-order valence-corrected chi connectivity index (χ2v) is 5.87. The van der Waals surface area contributed by atoms with Gasteiger partial charge in [-0.2, -0.15) is 4.98 Å². The van der Waals surface area contributed by atoms with E-state index in [0.29, 0.717) is 12.6 Å². The van der Waals surface area contributed by atoms with Crippen molar-refractivity contribution >= 4 is 33.2 Å². The van der Waals surface area contributed by atoms with Crippen LogP contribution in [0.5, 0.6) is 6.01 Å². The molecular formula is C13H18ClN3OS. The fraction of sp³-hybridized carbons (Fsp3) is 0.538. The zero-order valence-corrected chi connectivity index (χ0v) is 13.0. The molecule has 0 aliphatic heterocycles. The molecule has 0 saturated carbocycles. The molecule has 0 aromatic carbocycles. The van der Waals surface area contributed by atoms with Crippen molar-refractivity contribution in [1.29, 1.82) is 0 Å². The number of hydrogen-bond acceptors (Lipinski definition) is 4. The first-order valence-electron chi connectivity index (χ1n) is 6.46. The molecule has 19 heavy (non-hydrogen) atoms. The zero-order chi connectivity index (χ0) is 13.8. The van der Waals surface area contributed by atoms with E-state index in [-0.39, 0.29) is 0 Å². The lowest BCUT2D eigenvalue weighted by Gasteiger charge is -2.13. The monoisotopic (exact) mass is 299 g/mol. The Kier molecular flexibility index (Phi) is 4.82. The molecule has 0 atom stereocenters. The predicted octanol–water partition coefficient (Wildman–Crippen LogP) is 3.48. The maximum absolute atomic E-state index is 6.08. The lowest BCUT2D eigenvalue weighted by molar-refractivity contribution is 0.272. The second-order valence-electron chi connectivity index (χ2n) is 4.21. The van der Waals surface area contributed by atoms with Crippen LogP contribution in [0.25, 0.3) is 10.2 Å². The lowest BCUT2D eigenvalue weighted by Crippen LogP contribution is -2.24. The van der Waals surface area contributed by atoms with Gasteiger partial charge in [-0.05, 0) is 18.9 Å². The average Bonchev–Trinajstić information content (AvgIpc) is 2.76. The SMILES string of the molecule is CCCOc1nc2sc(Cl)cc2c(=NC)n1CCC. The summed E-state index contributed by atoms with van der Waals surface area (Å²) in [5, 5.41) is 0.995. The summed E-state index contributed by atoms with van der Waals surface area (Å²) in [4.78, 5) is 9.84. The third-order valence-corrected chi connectivity index (χ3v) is 3.86. The van der Waals surface area contributed by atoms with Gasteiger partial charge in [-0.15, -0.1) is 11.3 Å². The predicted molar refractivity (Wildman–Crippen MR) is 80.2 cm³/mol. The molecule has 104 valence electrons. The summed E-state index contributed by atoms with van der Waals surface area (Å²) in [5.41, 5.74) is 0.890. The molecule has 0 unspecified atom stereocenters. The van der Waals surface area contributed by atoms with E-state index in [1.54, 1.807) is 7.05 Å². The summed E-state index contributed by atoms with van der Waals surface area (Å²) in [5.74, 6) is 0. The van der Waals surface area contributed by atoms with Crippen LogP contribution in [0, 0.1) is 0 Å². The fourth-order valence-electron chi connectivity index (χ4n) is 1.95. The smallest absolute Gasteiger partial charge is 0.299 e. The molecule has 2 rings (SSSR count). The van der Waals surface area contributed by atoms with Crippen molar-refractivity contribution in [1.82, 2.24) is 9.55 Å². The number of ether oxygens (including phenoxy) is 1. The molecule has 0 radical (unpaired) electrons. The van der Waals surface area contributed by atoms with Crippen molar-refractivity contribution in [3.05, 3.63) is 15.9 Å². The number of hydrogen-bond donors (Lipinski definition) is 0. The molecule has 0 fully saturated rings. The topological polar surface area (TPSA) is 39.4 Å². The van der Waals surface area contributed by atoms with Gasteiger partial charge in [-0.25, -0.2) is 0 Å². The van der Waals surface area contributed by atoms with Crippen molar-refractivity contribution < 1.29 is 4.74 Å². The third-order valence-electron chi connectivity index (χ3n) is 2.70. The van der Waals surface area contributed by atoms with Crippen molar-refractivity contribution in [3.8, 4) is 6.01 Å². The van der Waals surface area contributed by atoms with Crippen LogP contribution in [0.4, 0.5) is 0 Å². The molecule has 0 N–H and O–H groups in total. The van der Waals surface area contributed by atoms with E-state index in [0.717, 1.165) is 39.4 Å². The summed E-state index contributed by atoms with van der Waals surface area (Å²) in [6.45, 7) is 5.70. The normalized spacial score (nSPS) is 12.3. The van der Waals surface area contributed by atoms with E-state index in [4.69, 9.17) is 16.3 Å². The van der Waals surface area contributed by atoms with Gasteiger partial charge in [0, 0.05) is 13.6 Å². The Morgan fingerprint density at radius 3 is 2.84 bits per heavy atom. The largest absolute Gasteiger partial charge is 0.465 e. The minimum atomic E-state index is 0.635. The Labute approximate surface area is 121 Å². The van der Waals surface area contributed by atoms with Crippen LogP contribution in [0.2, 0.25) is 4.34 Å². The van der Waals surface area contributed by atoms with Gasteiger partial charge in [0.2, 0.25) is 0 Å². The maximum Gasteiger partial charge on any atom is 0.299 e. The molecule has 2 aromatic rings. The van der Waals surface area contributed by atoms with Crippen LogP contribution in [-0.4, -0.2) is 23.2 Å². The molecule has 0 bridgehead atoms. The number of thiophene rings is 1. The van der Waals surface area contributed by atoms with E-state index < -0.39 is 0 Å². The highest BCUT2D eigenvalue weighted by molar-refractivity contribution is 7.22. The molecule has 2 heterocycles. The summed E-state index contributed by atoms with van der Waals surface area (Å²) in [6.07, 6.45) is 1.95. The average molecular weight is 300 g/mol. The van der Waals surface area contributed by atoms with Crippen LogP contribution in [0.3, 0.4) is 0 Å². The van der Waals surface area contributed by atoms with Crippen molar-refractivity contribution in [2.24, 2.45) is 4.99 Å². The first-order chi connectivity index (χ1) is 9.21. The number of halogens is 1. The van der Waals surface area contributed by atoms with Crippen LogP contribution in [0.15, 0.2) is 11.1 Å². The van der Waals surface area contributed by atoms with Crippen LogP contribution in [-0.2, 0) is 6.54 Å². The molecule has 0 saturated heterocycles. The molecule has 0 spiro atoms. The van der Waals surface area contributed by atoms with Crippen LogP contribution < -0.4 is 10.2 Å². The molecule has 2 aromatic heterocycles. The second kappa shape index (κ2) is 6.39. The van der Waals surface area contributed by atoms with Gasteiger partial charge in [0.05, 0.1) is 16.3 Å². The molecule has 4 nitrogen and oxygen atoms in total. The Bertz CT molecular complexity index is 633. The molecule has 6 heteroatoms. The summed E-state index contributed by atoms with van der Waals surface area (Å²) in [7, 11) is 1.79. The highest BCUT2D eigenvalue weighted by Crippen LogP contribution is 2.27. The van der Waals surface area contributed by atoms with Gasteiger partial charge in [-0.1, -0.05) is 25.4 Å². The zero-order valence-electron chi connectivity index (χ0n) is 11.4. The van der Waals surface area contributed by atoms with Gasteiger partial charge in [0.25, 0.3) is 6.01 Å². The number of rotatable bonds is 5. The van der Waals surface area contributed by atoms with Crippen molar-refractivity contribution in [2.75, 3.05) is 13.7 Å². The first kappa shape index (κ1) is 14.3. The van der Waals surface area contributed by atoms with E-state index >= 15 is 0 Å². The van der Waals surface area contributed by atoms with Crippen molar-refractivity contribution in [3.63, 3.8) is 0 Å². The van der Waals surface area contributed by atoms with Gasteiger partial charge in [-0.3, -0.25) is 9.56 Å². The number of aromatic nitrogens is 2.